The van der Waals surface area contributed by atoms with E-state index in [-0.39, 0.29) is 24.3 Å². The van der Waals surface area contributed by atoms with Gasteiger partial charge in [-0.1, -0.05) is 17.7 Å². The Labute approximate surface area is 174 Å². The Bertz CT molecular complexity index is 900. The number of nitrogens with zero attached hydrogens (tertiary/aromatic N) is 1. The highest BCUT2D eigenvalue weighted by atomic mass is 35.5. The van der Waals surface area contributed by atoms with E-state index >= 15 is 0 Å². The van der Waals surface area contributed by atoms with E-state index in [9.17, 15) is 9.59 Å². The summed E-state index contributed by atoms with van der Waals surface area (Å²) in [5.41, 5.74) is 1.59. The molecule has 0 radical (unpaired) electrons. The summed E-state index contributed by atoms with van der Waals surface area (Å²) in [4.78, 5) is 26.9. The molecule has 4 rings (SSSR count). The number of hydrogen-bond donors (Lipinski definition) is 1. The smallest absolute Gasteiger partial charge is 0.251 e. The van der Waals surface area contributed by atoms with E-state index in [2.05, 4.69) is 5.32 Å². The van der Waals surface area contributed by atoms with Crippen LogP contribution in [0.25, 0.3) is 0 Å². The van der Waals surface area contributed by atoms with Crippen LogP contribution >= 0.6 is 11.6 Å². The quantitative estimate of drug-likeness (QED) is 0.811. The lowest BCUT2D eigenvalue weighted by Gasteiger charge is -2.27. The Morgan fingerprint density at radius 1 is 1.07 bits per heavy atom. The molecule has 2 aromatic rings. The predicted octanol–water partition coefficient (Wildman–Crippen LogP) is 3.59. The standard InChI is InChI=1S/C22H23ClN2O4/c23-17-6-3-15(4-7-17)22(27)24-10-9-21(26)25-11-1-2-18(25)16-5-8-19-20(14-16)29-13-12-28-19/h3-8,14,18H,1-2,9-13H2,(H,24,27)/t18-/m0/s1. The summed E-state index contributed by atoms with van der Waals surface area (Å²) in [5.74, 6) is 1.32. The highest BCUT2D eigenvalue weighted by Crippen LogP contribution is 2.38. The fourth-order valence-corrected chi connectivity index (χ4v) is 3.93. The summed E-state index contributed by atoms with van der Waals surface area (Å²) in [6, 6.07) is 12.6. The van der Waals surface area contributed by atoms with Gasteiger partial charge in [0.05, 0.1) is 6.04 Å². The molecule has 1 atom stereocenters. The van der Waals surface area contributed by atoms with Gasteiger partial charge in [0.1, 0.15) is 13.2 Å². The summed E-state index contributed by atoms with van der Waals surface area (Å²) < 4.78 is 11.3. The summed E-state index contributed by atoms with van der Waals surface area (Å²) in [6.45, 7) is 2.12. The molecule has 152 valence electrons. The highest BCUT2D eigenvalue weighted by Gasteiger charge is 2.30. The first-order chi connectivity index (χ1) is 14.1. The molecule has 0 aromatic heterocycles. The van der Waals surface area contributed by atoms with Gasteiger partial charge in [0.15, 0.2) is 11.5 Å². The van der Waals surface area contributed by atoms with E-state index in [4.69, 9.17) is 21.1 Å². The molecule has 2 heterocycles. The van der Waals surface area contributed by atoms with E-state index in [0.717, 1.165) is 36.4 Å². The van der Waals surface area contributed by atoms with Crippen LogP contribution in [0.15, 0.2) is 42.5 Å². The molecule has 0 unspecified atom stereocenters. The molecular formula is C22H23ClN2O4. The maximum Gasteiger partial charge on any atom is 0.251 e. The van der Waals surface area contributed by atoms with E-state index < -0.39 is 0 Å². The van der Waals surface area contributed by atoms with Crippen molar-refractivity contribution in [2.45, 2.75) is 25.3 Å². The fourth-order valence-electron chi connectivity index (χ4n) is 3.81. The number of rotatable bonds is 5. The van der Waals surface area contributed by atoms with Crippen molar-refractivity contribution in [1.29, 1.82) is 0 Å². The predicted molar refractivity (Wildman–Crippen MR) is 110 cm³/mol. The van der Waals surface area contributed by atoms with Gasteiger partial charge in [-0.3, -0.25) is 9.59 Å². The third-order valence-corrected chi connectivity index (χ3v) is 5.51. The fraction of sp³-hybridized carbons (Fsp3) is 0.364. The minimum absolute atomic E-state index is 0.0327. The third kappa shape index (κ3) is 4.48. The van der Waals surface area contributed by atoms with Crippen molar-refractivity contribution in [2.75, 3.05) is 26.3 Å². The summed E-state index contributed by atoms with van der Waals surface area (Å²) in [5, 5.41) is 3.38. The Hall–Kier alpha value is -2.73. The van der Waals surface area contributed by atoms with Crippen molar-refractivity contribution in [2.24, 2.45) is 0 Å². The van der Waals surface area contributed by atoms with Crippen molar-refractivity contribution < 1.29 is 19.1 Å². The van der Waals surface area contributed by atoms with Crippen molar-refractivity contribution in [3.8, 4) is 11.5 Å². The van der Waals surface area contributed by atoms with Crippen LogP contribution in [0.3, 0.4) is 0 Å². The minimum atomic E-state index is -0.209. The van der Waals surface area contributed by atoms with Crippen molar-refractivity contribution >= 4 is 23.4 Å². The van der Waals surface area contributed by atoms with Crippen LogP contribution in [-0.4, -0.2) is 43.0 Å². The number of carbonyl (C=O) groups excluding carboxylic acids is 2. The van der Waals surface area contributed by atoms with Gasteiger partial charge in [0.25, 0.3) is 5.91 Å². The number of hydrogen-bond acceptors (Lipinski definition) is 4. The molecule has 0 saturated carbocycles. The van der Waals surface area contributed by atoms with Gasteiger partial charge < -0.3 is 19.7 Å². The molecule has 1 fully saturated rings. The molecule has 7 heteroatoms. The third-order valence-electron chi connectivity index (χ3n) is 5.25. The van der Waals surface area contributed by atoms with Crippen LogP contribution in [0.1, 0.15) is 41.2 Å². The molecule has 0 spiro atoms. The first-order valence-electron chi connectivity index (χ1n) is 9.84. The highest BCUT2D eigenvalue weighted by molar-refractivity contribution is 6.30. The van der Waals surface area contributed by atoms with Crippen LogP contribution < -0.4 is 14.8 Å². The molecule has 29 heavy (non-hydrogen) atoms. The molecule has 0 bridgehead atoms. The maximum absolute atomic E-state index is 12.8. The van der Waals surface area contributed by atoms with Crippen molar-refractivity contribution in [1.82, 2.24) is 10.2 Å². The van der Waals surface area contributed by atoms with E-state index in [0.29, 0.717) is 30.3 Å². The lowest BCUT2D eigenvalue weighted by Crippen LogP contribution is -2.34. The van der Waals surface area contributed by atoms with Gasteiger partial charge in [0.2, 0.25) is 5.91 Å². The van der Waals surface area contributed by atoms with Gasteiger partial charge in [0, 0.05) is 30.1 Å². The van der Waals surface area contributed by atoms with Gasteiger partial charge in [-0.05, 0) is 54.8 Å². The topological polar surface area (TPSA) is 67.9 Å². The minimum Gasteiger partial charge on any atom is -0.486 e. The molecule has 1 N–H and O–H groups in total. The molecule has 1 saturated heterocycles. The van der Waals surface area contributed by atoms with Crippen molar-refractivity contribution in [3.63, 3.8) is 0 Å². The van der Waals surface area contributed by atoms with Crippen molar-refractivity contribution in [3.05, 3.63) is 58.6 Å². The molecule has 0 aliphatic carbocycles. The second-order valence-electron chi connectivity index (χ2n) is 7.16. The zero-order chi connectivity index (χ0) is 20.2. The van der Waals surface area contributed by atoms with Crippen LogP contribution in [-0.2, 0) is 4.79 Å². The summed E-state index contributed by atoms with van der Waals surface area (Å²) in [6.07, 6.45) is 2.14. The van der Waals surface area contributed by atoms with Gasteiger partial charge in [-0.2, -0.15) is 0 Å². The second kappa shape index (κ2) is 8.74. The normalized spacial score (nSPS) is 17.8. The number of likely N-dealkylation sites (tertiary alicyclic amines) is 1. The zero-order valence-corrected chi connectivity index (χ0v) is 16.8. The summed E-state index contributed by atoms with van der Waals surface area (Å²) >= 11 is 5.84. The number of fused-ring (bicyclic) bond motifs is 1. The van der Waals surface area contributed by atoms with E-state index in [1.807, 2.05) is 23.1 Å². The van der Waals surface area contributed by atoms with Crippen LogP contribution in [0.4, 0.5) is 0 Å². The summed E-state index contributed by atoms with van der Waals surface area (Å²) in [7, 11) is 0. The molecule has 2 aliphatic rings. The van der Waals surface area contributed by atoms with E-state index in [1.165, 1.54) is 0 Å². The largest absolute Gasteiger partial charge is 0.486 e. The molecule has 6 nitrogen and oxygen atoms in total. The average Bonchev–Trinajstić information content (AvgIpc) is 3.24. The second-order valence-corrected chi connectivity index (χ2v) is 7.60. The Kier molecular flexibility index (Phi) is 5.90. The average molecular weight is 415 g/mol. The first kappa shape index (κ1) is 19.6. The maximum atomic E-state index is 12.8. The zero-order valence-electron chi connectivity index (χ0n) is 16.0. The lowest BCUT2D eigenvalue weighted by atomic mass is 10.0. The van der Waals surface area contributed by atoms with Crippen LogP contribution in [0, 0.1) is 0 Å². The van der Waals surface area contributed by atoms with Crippen LogP contribution in [0.2, 0.25) is 5.02 Å². The Balaban J connectivity index is 1.34. The molecular weight excluding hydrogens is 392 g/mol. The number of carbonyl (C=O) groups is 2. The number of nitrogens with one attached hydrogen (secondary N) is 1. The number of halogens is 1. The Morgan fingerprint density at radius 2 is 1.83 bits per heavy atom. The molecule has 2 aliphatic heterocycles. The Morgan fingerprint density at radius 3 is 2.62 bits per heavy atom. The monoisotopic (exact) mass is 414 g/mol. The number of amides is 2. The van der Waals surface area contributed by atoms with Crippen LogP contribution in [0.5, 0.6) is 11.5 Å². The molecule has 2 amide bonds. The van der Waals surface area contributed by atoms with Gasteiger partial charge in [-0.15, -0.1) is 0 Å². The number of ether oxygens (including phenoxy) is 2. The van der Waals surface area contributed by atoms with E-state index in [1.54, 1.807) is 24.3 Å². The van der Waals surface area contributed by atoms with Gasteiger partial charge >= 0.3 is 0 Å². The lowest BCUT2D eigenvalue weighted by molar-refractivity contribution is -0.132. The van der Waals surface area contributed by atoms with Gasteiger partial charge in [-0.25, -0.2) is 0 Å². The first-order valence-corrected chi connectivity index (χ1v) is 10.2. The molecule has 2 aromatic carbocycles. The number of benzene rings is 2. The SMILES string of the molecule is O=C(NCCC(=O)N1CCC[C@H]1c1ccc2c(c1)OCCO2)c1ccc(Cl)cc1.